The molecule has 3 aromatic rings. The van der Waals surface area contributed by atoms with E-state index < -0.39 is 0 Å². The van der Waals surface area contributed by atoms with Crippen LogP contribution < -0.4 is 10.2 Å². The van der Waals surface area contributed by atoms with E-state index in [9.17, 15) is 0 Å². The number of benzene rings is 1. The van der Waals surface area contributed by atoms with Gasteiger partial charge in [0.15, 0.2) is 5.58 Å². The van der Waals surface area contributed by atoms with Crippen LogP contribution in [0.5, 0.6) is 0 Å². The smallest absolute Gasteiger partial charge is 0.298 e. The molecule has 1 N–H and O–H groups in total. The molecule has 0 aliphatic carbocycles. The Hall–Kier alpha value is -2.00. The van der Waals surface area contributed by atoms with Gasteiger partial charge < -0.3 is 24.1 Å². The number of methoxy groups -OCH3 is 1. The number of nitrogens with one attached hydrogen (secondary N) is 1. The average Bonchev–Trinajstić information content (AvgIpc) is 3.47. The fraction of sp³-hybridized carbons (Fsp3) is 0.524. The predicted octanol–water partition coefficient (Wildman–Crippen LogP) is 3.62. The molecule has 0 radical (unpaired) electrons. The average molecular weight is 415 g/mol. The van der Waals surface area contributed by atoms with Crippen molar-refractivity contribution in [2.75, 3.05) is 38.3 Å². The number of nitrogens with zero attached hydrogens (tertiary/aromatic N) is 3. The van der Waals surface area contributed by atoms with E-state index in [0.717, 1.165) is 40.3 Å². The fourth-order valence-corrected chi connectivity index (χ4v) is 4.94. The first-order valence-corrected chi connectivity index (χ1v) is 11.0. The molecule has 2 fully saturated rings. The van der Waals surface area contributed by atoms with E-state index in [-0.39, 0.29) is 6.10 Å². The largest absolute Gasteiger partial charge is 0.423 e. The lowest BCUT2D eigenvalue weighted by molar-refractivity contribution is 0.0256. The molecule has 0 saturated carbocycles. The Morgan fingerprint density at radius 1 is 1.28 bits per heavy atom. The van der Waals surface area contributed by atoms with Crippen molar-refractivity contribution in [2.24, 2.45) is 0 Å². The van der Waals surface area contributed by atoms with E-state index in [1.165, 1.54) is 12.8 Å². The highest BCUT2D eigenvalue weighted by Crippen LogP contribution is 2.37. The third kappa shape index (κ3) is 3.77. The maximum atomic E-state index is 6.31. The van der Waals surface area contributed by atoms with Crippen LogP contribution in [0.25, 0.3) is 21.7 Å². The molecule has 3 unspecified atom stereocenters. The van der Waals surface area contributed by atoms with Crippen LogP contribution in [0.1, 0.15) is 31.4 Å². The van der Waals surface area contributed by atoms with E-state index in [1.807, 2.05) is 11.6 Å². The zero-order valence-corrected chi connectivity index (χ0v) is 17.6. The molecule has 3 atom stereocenters. The second kappa shape index (κ2) is 8.02. The van der Waals surface area contributed by atoms with Gasteiger partial charge in [-0.05, 0) is 37.5 Å². The summed E-state index contributed by atoms with van der Waals surface area (Å²) >= 11 is 1.61. The molecule has 154 valence electrons. The highest BCUT2D eigenvalue weighted by molar-refractivity contribution is 7.13. The van der Waals surface area contributed by atoms with Gasteiger partial charge in [-0.2, -0.15) is 4.98 Å². The number of anilines is 1. The minimum Gasteiger partial charge on any atom is -0.423 e. The molecule has 0 amide bonds. The van der Waals surface area contributed by atoms with Crippen molar-refractivity contribution >= 4 is 28.5 Å². The standard InChI is InChI=1S/C21H26N4O3S/c1-13(27-7-6-26-2)14-9-17(20-22-5-8-29-20)19-18(10-14)24-21(28-19)25-11-15-3-4-16(12-25)23-15/h5,8-10,13,15-16,23H,3-4,6-7,11-12H2,1-2H3. The van der Waals surface area contributed by atoms with Crippen molar-refractivity contribution in [3.63, 3.8) is 0 Å². The highest BCUT2D eigenvalue weighted by atomic mass is 32.1. The molecule has 29 heavy (non-hydrogen) atoms. The molecule has 4 heterocycles. The Balaban J connectivity index is 1.51. The minimum atomic E-state index is -0.0663. The molecule has 2 aliphatic heterocycles. The van der Waals surface area contributed by atoms with Crippen LogP contribution in [0.3, 0.4) is 0 Å². The highest BCUT2D eigenvalue weighted by Gasteiger charge is 2.34. The van der Waals surface area contributed by atoms with Crippen molar-refractivity contribution in [3.05, 3.63) is 29.3 Å². The van der Waals surface area contributed by atoms with Crippen LogP contribution in [-0.4, -0.2) is 55.5 Å². The van der Waals surface area contributed by atoms with Crippen LogP contribution in [-0.2, 0) is 9.47 Å². The molecule has 2 aliphatic rings. The van der Waals surface area contributed by atoms with Crippen molar-refractivity contribution in [1.82, 2.24) is 15.3 Å². The summed E-state index contributed by atoms with van der Waals surface area (Å²) in [4.78, 5) is 11.7. The molecule has 2 bridgehead atoms. The number of fused-ring (bicyclic) bond motifs is 3. The van der Waals surface area contributed by atoms with Gasteiger partial charge in [-0.1, -0.05) is 0 Å². The Kier molecular flexibility index (Phi) is 5.26. The molecule has 7 nitrogen and oxygen atoms in total. The SMILES string of the molecule is COCCOC(C)c1cc(-c2nccs2)c2oc(N3CC4CCC(C3)N4)nc2c1. The zero-order chi connectivity index (χ0) is 19.8. The van der Waals surface area contributed by atoms with Gasteiger partial charge in [0.2, 0.25) is 0 Å². The van der Waals surface area contributed by atoms with Crippen molar-refractivity contribution in [1.29, 1.82) is 0 Å². The molecular weight excluding hydrogens is 388 g/mol. The molecule has 0 spiro atoms. The molecule has 1 aromatic carbocycles. The van der Waals surface area contributed by atoms with Gasteiger partial charge in [-0.3, -0.25) is 0 Å². The second-order valence-electron chi connectivity index (χ2n) is 7.80. The number of rotatable bonds is 7. The van der Waals surface area contributed by atoms with Crippen LogP contribution in [0.15, 0.2) is 28.1 Å². The lowest BCUT2D eigenvalue weighted by atomic mass is 10.1. The van der Waals surface area contributed by atoms with Crippen molar-refractivity contribution in [2.45, 2.75) is 38.0 Å². The molecular formula is C21H26N4O3S. The number of thiazole rings is 1. The number of hydrogen-bond acceptors (Lipinski definition) is 8. The van der Waals surface area contributed by atoms with Crippen LogP contribution in [0.4, 0.5) is 6.01 Å². The fourth-order valence-electron chi connectivity index (χ4n) is 4.29. The van der Waals surface area contributed by atoms with Gasteiger partial charge >= 0.3 is 0 Å². The molecule has 2 saturated heterocycles. The van der Waals surface area contributed by atoms with E-state index in [1.54, 1.807) is 18.4 Å². The topological polar surface area (TPSA) is 72.7 Å². The van der Waals surface area contributed by atoms with Crippen LogP contribution in [0, 0.1) is 0 Å². The van der Waals surface area contributed by atoms with Crippen LogP contribution in [0.2, 0.25) is 0 Å². The quantitative estimate of drug-likeness (QED) is 0.592. The summed E-state index contributed by atoms with van der Waals surface area (Å²) in [6, 6.07) is 5.98. The van der Waals surface area contributed by atoms with Crippen molar-refractivity contribution in [3.8, 4) is 10.6 Å². The summed E-state index contributed by atoms with van der Waals surface area (Å²) in [5, 5.41) is 6.58. The van der Waals surface area contributed by atoms with Gasteiger partial charge in [-0.25, -0.2) is 4.98 Å². The monoisotopic (exact) mass is 414 g/mol. The first-order chi connectivity index (χ1) is 14.2. The third-order valence-electron chi connectivity index (χ3n) is 5.78. The van der Waals surface area contributed by atoms with E-state index >= 15 is 0 Å². The number of aromatic nitrogens is 2. The van der Waals surface area contributed by atoms with Gasteiger partial charge in [0.05, 0.1) is 24.9 Å². The predicted molar refractivity (Wildman–Crippen MR) is 114 cm³/mol. The normalized spacial score (nSPS) is 22.5. The summed E-state index contributed by atoms with van der Waals surface area (Å²) in [6.07, 6.45) is 4.21. The number of hydrogen-bond donors (Lipinski definition) is 1. The Labute approximate surface area is 174 Å². The first-order valence-electron chi connectivity index (χ1n) is 10.2. The third-order valence-corrected chi connectivity index (χ3v) is 6.58. The summed E-state index contributed by atoms with van der Waals surface area (Å²) < 4.78 is 17.3. The lowest BCUT2D eigenvalue weighted by Crippen LogP contribution is -2.51. The van der Waals surface area contributed by atoms with Gasteiger partial charge in [0.1, 0.15) is 10.5 Å². The van der Waals surface area contributed by atoms with Crippen LogP contribution >= 0.6 is 11.3 Å². The molecule has 8 heteroatoms. The molecule has 2 aromatic heterocycles. The van der Waals surface area contributed by atoms with Gasteiger partial charge in [-0.15, -0.1) is 11.3 Å². The van der Waals surface area contributed by atoms with E-state index in [4.69, 9.17) is 18.9 Å². The van der Waals surface area contributed by atoms with Gasteiger partial charge in [0, 0.05) is 43.9 Å². The first kappa shape index (κ1) is 19.0. The zero-order valence-electron chi connectivity index (χ0n) is 16.8. The summed E-state index contributed by atoms with van der Waals surface area (Å²) in [7, 11) is 1.68. The summed E-state index contributed by atoms with van der Waals surface area (Å²) in [5.41, 5.74) is 3.70. The summed E-state index contributed by atoms with van der Waals surface area (Å²) in [5.74, 6) is 0. The van der Waals surface area contributed by atoms with Crippen molar-refractivity contribution < 1.29 is 13.9 Å². The minimum absolute atomic E-state index is 0.0663. The number of ether oxygens (including phenoxy) is 2. The maximum Gasteiger partial charge on any atom is 0.298 e. The maximum absolute atomic E-state index is 6.31. The van der Waals surface area contributed by atoms with E-state index in [0.29, 0.717) is 31.3 Å². The summed E-state index contributed by atoms with van der Waals surface area (Å²) in [6.45, 7) is 5.07. The molecule has 5 rings (SSSR count). The Morgan fingerprint density at radius 3 is 2.83 bits per heavy atom. The van der Waals surface area contributed by atoms with E-state index in [2.05, 4.69) is 34.3 Å². The Bertz CT molecular complexity index is 962. The Morgan fingerprint density at radius 2 is 2.10 bits per heavy atom. The second-order valence-corrected chi connectivity index (χ2v) is 8.69. The number of oxazole rings is 1. The lowest BCUT2D eigenvalue weighted by Gasteiger charge is -2.31. The number of piperazine rings is 1. The van der Waals surface area contributed by atoms with Gasteiger partial charge in [0.25, 0.3) is 6.01 Å².